The third kappa shape index (κ3) is 2.81. The number of ether oxygens (including phenoxy) is 1. The second-order valence-corrected chi connectivity index (χ2v) is 4.57. The number of carbonyl (C=O) groups excluding carboxylic acids is 1. The first-order valence-corrected chi connectivity index (χ1v) is 6.23. The number of benzene rings is 1. The normalized spacial score (nSPS) is 19.0. The largest absolute Gasteiger partial charge is 0.497 e. The fraction of sp³-hybridized carbons (Fsp3) is 0.500. The quantitative estimate of drug-likeness (QED) is 0.821. The van der Waals surface area contributed by atoms with E-state index in [0.717, 1.165) is 24.2 Å². The molecule has 0 aromatic heterocycles. The molecule has 1 aromatic carbocycles. The fourth-order valence-corrected chi connectivity index (χ4v) is 2.38. The zero-order valence-electron chi connectivity index (χ0n) is 10.6. The summed E-state index contributed by atoms with van der Waals surface area (Å²) in [6.07, 6.45) is 1.99. The van der Waals surface area contributed by atoms with E-state index in [1.54, 1.807) is 12.0 Å². The van der Waals surface area contributed by atoms with E-state index in [0.29, 0.717) is 13.0 Å². The van der Waals surface area contributed by atoms with Crippen molar-refractivity contribution < 1.29 is 13.9 Å². The number of halogens is 1. The van der Waals surface area contributed by atoms with Gasteiger partial charge < -0.3 is 9.64 Å². The van der Waals surface area contributed by atoms with Crippen molar-refractivity contribution in [2.24, 2.45) is 0 Å². The molecule has 0 bridgehead atoms. The Morgan fingerprint density at radius 3 is 3.11 bits per heavy atom. The van der Waals surface area contributed by atoms with Gasteiger partial charge in [0.2, 0.25) is 5.91 Å². The topological polar surface area (TPSA) is 29.5 Å². The van der Waals surface area contributed by atoms with Crippen LogP contribution in [0.15, 0.2) is 24.3 Å². The van der Waals surface area contributed by atoms with Crippen molar-refractivity contribution in [1.29, 1.82) is 0 Å². The molecule has 0 saturated carbocycles. The standard InChI is InChI=1S/C14H18FNO2/c1-18-13-6-2-4-11(8-13)9-14(17)16-7-3-5-12(16)10-15/h2,4,6,8,12H,3,5,7,9-10H2,1H3. The SMILES string of the molecule is COc1cccc(CC(=O)N2CCCC2CF)c1. The van der Waals surface area contributed by atoms with E-state index in [2.05, 4.69) is 0 Å². The Balaban J connectivity index is 2.02. The molecule has 0 aliphatic carbocycles. The molecule has 1 fully saturated rings. The van der Waals surface area contributed by atoms with Gasteiger partial charge in [-0.15, -0.1) is 0 Å². The Kier molecular flexibility index (Phi) is 4.18. The zero-order chi connectivity index (χ0) is 13.0. The molecule has 1 aliphatic rings. The van der Waals surface area contributed by atoms with Crippen LogP contribution in [0, 0.1) is 0 Å². The van der Waals surface area contributed by atoms with E-state index >= 15 is 0 Å². The summed E-state index contributed by atoms with van der Waals surface area (Å²) in [7, 11) is 1.60. The first kappa shape index (κ1) is 12.9. The van der Waals surface area contributed by atoms with E-state index < -0.39 is 6.67 Å². The summed E-state index contributed by atoms with van der Waals surface area (Å²) in [5.41, 5.74) is 0.906. The number of carbonyl (C=O) groups is 1. The van der Waals surface area contributed by atoms with Crippen LogP contribution >= 0.6 is 0 Å². The molecular weight excluding hydrogens is 233 g/mol. The maximum Gasteiger partial charge on any atom is 0.227 e. The van der Waals surface area contributed by atoms with Gasteiger partial charge in [-0.1, -0.05) is 12.1 Å². The minimum atomic E-state index is -0.441. The van der Waals surface area contributed by atoms with Crippen molar-refractivity contribution in [2.45, 2.75) is 25.3 Å². The summed E-state index contributed by atoms with van der Waals surface area (Å²) in [6, 6.07) is 7.22. The van der Waals surface area contributed by atoms with Crippen molar-refractivity contribution in [1.82, 2.24) is 4.90 Å². The molecule has 1 atom stereocenters. The van der Waals surface area contributed by atoms with E-state index in [4.69, 9.17) is 4.74 Å². The fourth-order valence-electron chi connectivity index (χ4n) is 2.38. The Bertz CT molecular complexity index is 422. The summed E-state index contributed by atoms with van der Waals surface area (Å²) in [5.74, 6) is 0.743. The van der Waals surface area contributed by atoms with E-state index in [-0.39, 0.29) is 11.9 Å². The van der Waals surface area contributed by atoms with Crippen LogP contribution in [0.25, 0.3) is 0 Å². The molecule has 98 valence electrons. The third-order valence-electron chi connectivity index (χ3n) is 3.37. The number of hydrogen-bond donors (Lipinski definition) is 0. The molecule has 1 amide bonds. The molecule has 3 nitrogen and oxygen atoms in total. The summed E-state index contributed by atoms with van der Waals surface area (Å²) < 4.78 is 17.9. The van der Waals surface area contributed by atoms with Crippen molar-refractivity contribution >= 4 is 5.91 Å². The minimum Gasteiger partial charge on any atom is -0.497 e. The molecular formula is C14H18FNO2. The van der Waals surface area contributed by atoms with Crippen LogP contribution in [-0.2, 0) is 11.2 Å². The van der Waals surface area contributed by atoms with Crippen LogP contribution in [0.3, 0.4) is 0 Å². The molecule has 4 heteroatoms. The van der Waals surface area contributed by atoms with Gasteiger partial charge in [-0.3, -0.25) is 4.79 Å². The molecule has 0 N–H and O–H groups in total. The first-order valence-electron chi connectivity index (χ1n) is 6.23. The molecule has 1 saturated heterocycles. The average molecular weight is 251 g/mol. The predicted octanol–water partition coefficient (Wildman–Crippen LogP) is 2.20. The summed E-state index contributed by atoms with van der Waals surface area (Å²) >= 11 is 0. The highest BCUT2D eigenvalue weighted by Gasteiger charge is 2.28. The van der Waals surface area contributed by atoms with Crippen LogP contribution in [0.1, 0.15) is 18.4 Å². The van der Waals surface area contributed by atoms with Crippen LogP contribution in [0.2, 0.25) is 0 Å². The monoisotopic (exact) mass is 251 g/mol. The van der Waals surface area contributed by atoms with Gasteiger partial charge in [-0.2, -0.15) is 0 Å². The number of methoxy groups -OCH3 is 1. The predicted molar refractivity (Wildman–Crippen MR) is 67.4 cm³/mol. The maximum absolute atomic E-state index is 12.8. The smallest absolute Gasteiger partial charge is 0.227 e. The second-order valence-electron chi connectivity index (χ2n) is 4.57. The Morgan fingerprint density at radius 1 is 1.56 bits per heavy atom. The Labute approximate surface area is 107 Å². The highest BCUT2D eigenvalue weighted by molar-refractivity contribution is 5.79. The lowest BCUT2D eigenvalue weighted by Crippen LogP contribution is -2.37. The Hall–Kier alpha value is -1.58. The van der Waals surface area contributed by atoms with Crippen LogP contribution < -0.4 is 4.74 Å². The number of likely N-dealkylation sites (tertiary alicyclic amines) is 1. The van der Waals surface area contributed by atoms with Gasteiger partial charge >= 0.3 is 0 Å². The summed E-state index contributed by atoms with van der Waals surface area (Å²) in [5, 5.41) is 0. The van der Waals surface area contributed by atoms with Crippen LogP contribution in [0.5, 0.6) is 5.75 Å². The lowest BCUT2D eigenvalue weighted by atomic mass is 10.1. The van der Waals surface area contributed by atoms with Gasteiger partial charge in [0, 0.05) is 6.54 Å². The first-order chi connectivity index (χ1) is 8.74. The van der Waals surface area contributed by atoms with E-state index in [1.165, 1.54) is 0 Å². The van der Waals surface area contributed by atoms with Crippen LogP contribution in [0.4, 0.5) is 4.39 Å². The number of hydrogen-bond acceptors (Lipinski definition) is 2. The third-order valence-corrected chi connectivity index (χ3v) is 3.37. The molecule has 1 heterocycles. The number of amides is 1. The van der Waals surface area contributed by atoms with E-state index in [9.17, 15) is 9.18 Å². The van der Waals surface area contributed by atoms with Crippen molar-refractivity contribution in [2.75, 3.05) is 20.3 Å². The highest BCUT2D eigenvalue weighted by Crippen LogP contribution is 2.20. The number of nitrogens with zero attached hydrogens (tertiary/aromatic N) is 1. The molecule has 18 heavy (non-hydrogen) atoms. The zero-order valence-corrected chi connectivity index (χ0v) is 10.6. The van der Waals surface area contributed by atoms with Crippen LogP contribution in [-0.4, -0.2) is 37.2 Å². The Morgan fingerprint density at radius 2 is 2.39 bits per heavy atom. The molecule has 2 rings (SSSR count). The van der Waals surface area contributed by atoms with Gasteiger partial charge in [0.05, 0.1) is 19.6 Å². The lowest BCUT2D eigenvalue weighted by molar-refractivity contribution is -0.131. The summed E-state index contributed by atoms with van der Waals surface area (Å²) in [4.78, 5) is 13.8. The van der Waals surface area contributed by atoms with Gasteiger partial charge in [-0.05, 0) is 30.5 Å². The van der Waals surface area contributed by atoms with Crippen molar-refractivity contribution in [3.8, 4) is 5.75 Å². The van der Waals surface area contributed by atoms with Gasteiger partial charge in [-0.25, -0.2) is 4.39 Å². The van der Waals surface area contributed by atoms with Gasteiger partial charge in [0.25, 0.3) is 0 Å². The van der Waals surface area contributed by atoms with Crippen molar-refractivity contribution in [3.05, 3.63) is 29.8 Å². The molecule has 0 radical (unpaired) electrons. The molecule has 0 spiro atoms. The van der Waals surface area contributed by atoms with Gasteiger partial charge in [0.15, 0.2) is 0 Å². The van der Waals surface area contributed by atoms with E-state index in [1.807, 2.05) is 24.3 Å². The molecule has 1 unspecified atom stereocenters. The maximum atomic E-state index is 12.8. The van der Waals surface area contributed by atoms with Crippen molar-refractivity contribution in [3.63, 3.8) is 0 Å². The molecule has 1 aromatic rings. The summed E-state index contributed by atoms with van der Waals surface area (Å²) in [6.45, 7) is 0.237. The second kappa shape index (κ2) is 5.85. The lowest BCUT2D eigenvalue weighted by Gasteiger charge is -2.22. The number of rotatable bonds is 4. The average Bonchev–Trinajstić information content (AvgIpc) is 2.87. The molecule has 1 aliphatic heterocycles. The van der Waals surface area contributed by atoms with Gasteiger partial charge in [0.1, 0.15) is 12.4 Å². The minimum absolute atomic E-state index is 0.00315. The highest BCUT2D eigenvalue weighted by atomic mass is 19.1. The number of alkyl halides is 1.